The molecule has 0 aromatic heterocycles. The van der Waals surface area contributed by atoms with Crippen molar-refractivity contribution in [3.63, 3.8) is 0 Å². The second kappa shape index (κ2) is 5.82. The van der Waals surface area contributed by atoms with Crippen LogP contribution in [0.2, 0.25) is 0 Å². The van der Waals surface area contributed by atoms with E-state index in [1.165, 1.54) is 0 Å². The van der Waals surface area contributed by atoms with Crippen molar-refractivity contribution in [3.8, 4) is 0 Å². The molecule has 0 spiro atoms. The first-order valence-electron chi connectivity index (χ1n) is 5.79. The van der Waals surface area contributed by atoms with Gasteiger partial charge in [0.25, 0.3) is 0 Å². The summed E-state index contributed by atoms with van der Waals surface area (Å²) in [5, 5.41) is 0. The third-order valence-corrected chi connectivity index (χ3v) is 2.65. The zero-order chi connectivity index (χ0) is 12.9. The molecule has 0 aliphatic rings. The van der Waals surface area contributed by atoms with Crippen molar-refractivity contribution in [2.75, 3.05) is 13.7 Å². The number of hydrogen-bond acceptors (Lipinski definition) is 3. The molecule has 0 heterocycles. The Kier molecular flexibility index (Phi) is 4.70. The van der Waals surface area contributed by atoms with Crippen molar-refractivity contribution >= 4 is 5.97 Å². The SMILES string of the molecule is CCOC(=O)c1ccc(CC(C)(C)OC)cc1. The molecule has 94 valence electrons. The van der Waals surface area contributed by atoms with Crippen LogP contribution in [0.15, 0.2) is 24.3 Å². The lowest BCUT2D eigenvalue weighted by Crippen LogP contribution is -2.25. The summed E-state index contributed by atoms with van der Waals surface area (Å²) in [4.78, 5) is 11.5. The summed E-state index contributed by atoms with van der Waals surface area (Å²) in [5.41, 5.74) is 1.54. The molecule has 0 fully saturated rings. The molecule has 1 rings (SSSR count). The van der Waals surface area contributed by atoms with Crippen molar-refractivity contribution in [2.24, 2.45) is 0 Å². The van der Waals surface area contributed by atoms with Gasteiger partial charge in [0.1, 0.15) is 0 Å². The van der Waals surface area contributed by atoms with Crippen LogP contribution < -0.4 is 0 Å². The number of carbonyl (C=O) groups is 1. The largest absolute Gasteiger partial charge is 0.462 e. The summed E-state index contributed by atoms with van der Waals surface area (Å²) >= 11 is 0. The molecule has 1 aromatic rings. The third-order valence-electron chi connectivity index (χ3n) is 2.65. The molecule has 1 aromatic carbocycles. The fourth-order valence-corrected chi connectivity index (χ4v) is 1.54. The van der Waals surface area contributed by atoms with Gasteiger partial charge in [-0.1, -0.05) is 12.1 Å². The van der Waals surface area contributed by atoms with E-state index in [0.717, 1.165) is 12.0 Å². The van der Waals surface area contributed by atoms with Gasteiger partial charge in [-0.2, -0.15) is 0 Å². The van der Waals surface area contributed by atoms with E-state index < -0.39 is 0 Å². The van der Waals surface area contributed by atoms with Gasteiger partial charge in [0.2, 0.25) is 0 Å². The van der Waals surface area contributed by atoms with Crippen LogP contribution in [0.25, 0.3) is 0 Å². The van der Waals surface area contributed by atoms with E-state index in [9.17, 15) is 4.79 Å². The fraction of sp³-hybridized carbons (Fsp3) is 0.500. The van der Waals surface area contributed by atoms with E-state index in [1.54, 1.807) is 26.2 Å². The fourth-order valence-electron chi connectivity index (χ4n) is 1.54. The van der Waals surface area contributed by atoms with Gasteiger partial charge in [0.15, 0.2) is 0 Å². The molecule has 3 heteroatoms. The normalized spacial score (nSPS) is 11.3. The summed E-state index contributed by atoms with van der Waals surface area (Å²) in [6, 6.07) is 7.46. The van der Waals surface area contributed by atoms with Gasteiger partial charge in [-0.05, 0) is 38.5 Å². The van der Waals surface area contributed by atoms with E-state index in [4.69, 9.17) is 9.47 Å². The highest BCUT2D eigenvalue weighted by Gasteiger charge is 2.17. The molecule has 0 radical (unpaired) electrons. The monoisotopic (exact) mass is 236 g/mol. The minimum absolute atomic E-state index is 0.189. The molecular weight excluding hydrogens is 216 g/mol. The highest BCUT2D eigenvalue weighted by atomic mass is 16.5. The molecule has 0 saturated heterocycles. The Balaban J connectivity index is 2.71. The van der Waals surface area contributed by atoms with Crippen LogP contribution >= 0.6 is 0 Å². The van der Waals surface area contributed by atoms with Gasteiger partial charge in [0.05, 0.1) is 17.8 Å². The van der Waals surface area contributed by atoms with E-state index in [2.05, 4.69) is 0 Å². The van der Waals surface area contributed by atoms with E-state index >= 15 is 0 Å². The molecule has 17 heavy (non-hydrogen) atoms. The highest BCUT2D eigenvalue weighted by molar-refractivity contribution is 5.89. The van der Waals surface area contributed by atoms with Crippen LogP contribution in [0, 0.1) is 0 Å². The van der Waals surface area contributed by atoms with Gasteiger partial charge in [-0.15, -0.1) is 0 Å². The first-order chi connectivity index (χ1) is 7.98. The first kappa shape index (κ1) is 13.7. The van der Waals surface area contributed by atoms with Gasteiger partial charge < -0.3 is 9.47 Å². The lowest BCUT2D eigenvalue weighted by Gasteiger charge is -2.22. The molecule has 0 unspecified atom stereocenters. The van der Waals surface area contributed by atoms with Crippen molar-refractivity contribution in [1.29, 1.82) is 0 Å². The molecule has 3 nitrogen and oxygen atoms in total. The van der Waals surface area contributed by atoms with Crippen molar-refractivity contribution in [2.45, 2.75) is 32.8 Å². The zero-order valence-corrected chi connectivity index (χ0v) is 10.9. The molecule has 0 N–H and O–H groups in total. The number of methoxy groups -OCH3 is 1. The van der Waals surface area contributed by atoms with Crippen molar-refractivity contribution < 1.29 is 14.3 Å². The molecule has 0 amide bonds. The molecule has 0 aliphatic carbocycles. The Morgan fingerprint density at radius 2 is 1.82 bits per heavy atom. The van der Waals surface area contributed by atoms with Gasteiger partial charge in [-0.25, -0.2) is 4.79 Å². The smallest absolute Gasteiger partial charge is 0.338 e. The number of esters is 1. The molecular formula is C14H20O3. The predicted octanol–water partition coefficient (Wildman–Crippen LogP) is 2.83. The standard InChI is InChI=1S/C14H20O3/c1-5-17-13(15)12-8-6-11(7-9-12)10-14(2,3)16-4/h6-9H,5,10H2,1-4H3. The van der Waals surface area contributed by atoms with Crippen LogP contribution in [0.1, 0.15) is 36.7 Å². The Labute approximate surface area is 103 Å². The predicted molar refractivity (Wildman–Crippen MR) is 67.2 cm³/mol. The summed E-state index contributed by atoms with van der Waals surface area (Å²) < 4.78 is 10.3. The first-order valence-corrected chi connectivity index (χ1v) is 5.79. The lowest BCUT2D eigenvalue weighted by molar-refractivity contribution is 0.0232. The zero-order valence-electron chi connectivity index (χ0n) is 10.9. The Hall–Kier alpha value is -1.35. The number of ether oxygens (including phenoxy) is 2. The van der Waals surface area contributed by atoms with Crippen LogP contribution in [-0.2, 0) is 15.9 Å². The van der Waals surface area contributed by atoms with Crippen LogP contribution in [0.4, 0.5) is 0 Å². The number of hydrogen-bond donors (Lipinski definition) is 0. The van der Waals surface area contributed by atoms with Crippen LogP contribution in [-0.4, -0.2) is 25.3 Å². The second-order valence-electron chi connectivity index (χ2n) is 4.56. The topological polar surface area (TPSA) is 35.5 Å². The lowest BCUT2D eigenvalue weighted by atomic mass is 9.97. The van der Waals surface area contributed by atoms with Crippen LogP contribution in [0.3, 0.4) is 0 Å². The Morgan fingerprint density at radius 1 is 1.24 bits per heavy atom. The summed E-state index contributed by atoms with van der Waals surface area (Å²) in [6.45, 7) is 6.27. The van der Waals surface area contributed by atoms with Crippen molar-refractivity contribution in [3.05, 3.63) is 35.4 Å². The second-order valence-corrected chi connectivity index (χ2v) is 4.56. The average molecular weight is 236 g/mol. The minimum atomic E-state index is -0.273. The maximum absolute atomic E-state index is 11.5. The maximum Gasteiger partial charge on any atom is 0.338 e. The number of benzene rings is 1. The van der Waals surface area contributed by atoms with E-state index in [-0.39, 0.29) is 11.6 Å². The highest BCUT2D eigenvalue weighted by Crippen LogP contribution is 2.16. The van der Waals surface area contributed by atoms with Crippen LogP contribution in [0.5, 0.6) is 0 Å². The number of rotatable bonds is 5. The van der Waals surface area contributed by atoms with Gasteiger partial charge >= 0.3 is 5.97 Å². The van der Waals surface area contributed by atoms with Gasteiger partial charge in [-0.3, -0.25) is 0 Å². The Morgan fingerprint density at radius 3 is 2.29 bits per heavy atom. The molecule has 0 atom stereocenters. The summed E-state index contributed by atoms with van der Waals surface area (Å²) in [5.74, 6) is -0.273. The van der Waals surface area contributed by atoms with E-state index in [1.807, 2.05) is 26.0 Å². The maximum atomic E-state index is 11.5. The molecule has 0 bridgehead atoms. The van der Waals surface area contributed by atoms with Crippen molar-refractivity contribution in [1.82, 2.24) is 0 Å². The minimum Gasteiger partial charge on any atom is -0.462 e. The number of carbonyl (C=O) groups excluding carboxylic acids is 1. The molecule has 0 saturated carbocycles. The molecule has 0 aliphatic heterocycles. The quantitative estimate of drug-likeness (QED) is 0.737. The average Bonchev–Trinajstić information content (AvgIpc) is 2.30. The summed E-state index contributed by atoms with van der Waals surface area (Å²) in [7, 11) is 1.70. The van der Waals surface area contributed by atoms with E-state index in [0.29, 0.717) is 12.2 Å². The third kappa shape index (κ3) is 4.19. The van der Waals surface area contributed by atoms with Gasteiger partial charge in [0, 0.05) is 13.5 Å². The summed E-state index contributed by atoms with van der Waals surface area (Å²) in [6.07, 6.45) is 0.812. The Bertz CT molecular complexity index is 366.